The summed E-state index contributed by atoms with van der Waals surface area (Å²) in [6, 6.07) is 9.92. The van der Waals surface area contributed by atoms with Gasteiger partial charge in [-0.05, 0) is 35.9 Å². The van der Waals surface area contributed by atoms with Crippen molar-refractivity contribution in [2.24, 2.45) is 0 Å². The molecule has 0 saturated heterocycles. The number of para-hydroxylation sites is 1. The molecule has 0 amide bonds. The van der Waals surface area contributed by atoms with Gasteiger partial charge in [0.1, 0.15) is 12.4 Å². The van der Waals surface area contributed by atoms with Crippen LogP contribution in [0.2, 0.25) is 0 Å². The van der Waals surface area contributed by atoms with Crippen LogP contribution in [0.4, 0.5) is 10.1 Å². The lowest BCUT2D eigenvalue weighted by atomic mass is 10.0. The summed E-state index contributed by atoms with van der Waals surface area (Å²) < 4.78 is 19.6. The Hall–Kier alpha value is -1.88. The van der Waals surface area contributed by atoms with Gasteiger partial charge in [-0.3, -0.25) is 4.79 Å². The molecule has 2 aromatic carbocycles. The van der Waals surface area contributed by atoms with E-state index in [0.717, 1.165) is 12.2 Å². The summed E-state index contributed by atoms with van der Waals surface area (Å²) in [5, 5.41) is 3.20. The number of hydrogen-bond donors (Lipinski definition) is 1. The smallest absolute Gasteiger partial charge is 0.171 e. The molecule has 0 fully saturated rings. The monoisotopic (exact) mass is 349 g/mol. The molecule has 0 unspecified atom stereocenters. The topological polar surface area (TPSA) is 38.3 Å². The fraction of sp³-hybridized carbons (Fsp3) is 0.188. The van der Waals surface area contributed by atoms with Crippen LogP contribution in [0.25, 0.3) is 0 Å². The van der Waals surface area contributed by atoms with Gasteiger partial charge in [-0.15, -0.1) is 0 Å². The Labute approximate surface area is 130 Å². The quantitative estimate of drug-likeness (QED) is 0.856. The largest absolute Gasteiger partial charge is 0.489 e. The number of fused-ring (bicyclic) bond motifs is 1. The Morgan fingerprint density at radius 1 is 1.33 bits per heavy atom. The summed E-state index contributed by atoms with van der Waals surface area (Å²) in [7, 11) is 0. The molecular weight excluding hydrogens is 337 g/mol. The van der Waals surface area contributed by atoms with Gasteiger partial charge < -0.3 is 10.1 Å². The first-order valence-corrected chi connectivity index (χ1v) is 7.40. The van der Waals surface area contributed by atoms with E-state index in [0.29, 0.717) is 28.0 Å². The number of halogens is 2. The zero-order chi connectivity index (χ0) is 14.8. The molecule has 0 spiro atoms. The maximum absolute atomic E-state index is 13.4. The summed E-state index contributed by atoms with van der Waals surface area (Å²) in [6.45, 7) is 1.25. The SMILES string of the molecule is O=C(Cc1cc(F)cc(Br)c1)c1cccc2c1OCCN2. The van der Waals surface area contributed by atoms with E-state index in [2.05, 4.69) is 21.2 Å². The van der Waals surface area contributed by atoms with E-state index in [4.69, 9.17) is 4.74 Å². The first kappa shape index (κ1) is 14.1. The highest BCUT2D eigenvalue weighted by Crippen LogP contribution is 2.32. The third kappa shape index (κ3) is 3.08. The molecule has 1 heterocycles. The van der Waals surface area contributed by atoms with Gasteiger partial charge in [0.15, 0.2) is 11.5 Å². The van der Waals surface area contributed by atoms with Crippen molar-refractivity contribution in [3.05, 3.63) is 57.8 Å². The van der Waals surface area contributed by atoms with Gasteiger partial charge in [0, 0.05) is 17.4 Å². The fourth-order valence-electron chi connectivity index (χ4n) is 2.38. The van der Waals surface area contributed by atoms with Crippen molar-refractivity contribution in [1.29, 1.82) is 0 Å². The molecule has 108 valence electrons. The van der Waals surface area contributed by atoms with E-state index in [9.17, 15) is 9.18 Å². The number of anilines is 1. The number of benzene rings is 2. The summed E-state index contributed by atoms with van der Waals surface area (Å²) >= 11 is 3.23. The molecule has 0 aromatic heterocycles. The molecule has 1 aliphatic heterocycles. The average Bonchev–Trinajstić information content (AvgIpc) is 2.45. The molecule has 0 radical (unpaired) electrons. The minimum atomic E-state index is -0.361. The normalized spacial score (nSPS) is 13.0. The van der Waals surface area contributed by atoms with Crippen LogP contribution >= 0.6 is 15.9 Å². The number of carbonyl (C=O) groups excluding carboxylic acids is 1. The second-order valence-electron chi connectivity index (χ2n) is 4.84. The predicted molar refractivity (Wildman–Crippen MR) is 82.6 cm³/mol. The Morgan fingerprint density at radius 2 is 2.19 bits per heavy atom. The van der Waals surface area contributed by atoms with Crippen molar-refractivity contribution in [3.63, 3.8) is 0 Å². The van der Waals surface area contributed by atoms with E-state index < -0.39 is 0 Å². The molecule has 2 aromatic rings. The highest BCUT2D eigenvalue weighted by Gasteiger charge is 2.19. The summed E-state index contributed by atoms with van der Waals surface area (Å²) in [5.74, 6) is 0.137. The van der Waals surface area contributed by atoms with Crippen molar-refractivity contribution in [2.45, 2.75) is 6.42 Å². The minimum Gasteiger partial charge on any atom is -0.489 e. The van der Waals surface area contributed by atoms with Crippen LogP contribution in [0.5, 0.6) is 5.75 Å². The Kier molecular flexibility index (Phi) is 3.92. The number of ether oxygens (including phenoxy) is 1. The lowest BCUT2D eigenvalue weighted by Crippen LogP contribution is -2.20. The number of carbonyl (C=O) groups is 1. The standard InChI is InChI=1S/C16H13BrFNO2/c17-11-6-10(7-12(18)9-11)8-15(20)13-2-1-3-14-16(13)21-5-4-19-14/h1-3,6-7,9,19H,4-5,8H2. The molecule has 3 rings (SSSR count). The molecule has 0 bridgehead atoms. The van der Waals surface area contributed by atoms with E-state index in [1.165, 1.54) is 12.1 Å². The first-order chi connectivity index (χ1) is 10.1. The maximum Gasteiger partial charge on any atom is 0.171 e. The fourth-order valence-corrected chi connectivity index (χ4v) is 2.90. The zero-order valence-corrected chi connectivity index (χ0v) is 12.7. The minimum absolute atomic E-state index is 0.0898. The molecule has 0 saturated carbocycles. The van der Waals surface area contributed by atoms with Crippen molar-refractivity contribution in [1.82, 2.24) is 0 Å². The summed E-state index contributed by atoms with van der Waals surface area (Å²) in [4.78, 5) is 12.5. The molecule has 5 heteroatoms. The van der Waals surface area contributed by atoms with Crippen LogP contribution in [0, 0.1) is 5.82 Å². The van der Waals surface area contributed by atoms with Gasteiger partial charge in [0.05, 0.1) is 11.3 Å². The van der Waals surface area contributed by atoms with Gasteiger partial charge in [0.2, 0.25) is 0 Å². The number of nitrogens with one attached hydrogen (secondary N) is 1. The third-order valence-electron chi connectivity index (χ3n) is 3.27. The molecule has 1 aliphatic rings. The second-order valence-corrected chi connectivity index (χ2v) is 5.75. The Morgan fingerprint density at radius 3 is 3.00 bits per heavy atom. The summed E-state index contributed by atoms with van der Waals surface area (Å²) in [5.41, 5.74) is 1.99. The van der Waals surface area contributed by atoms with Gasteiger partial charge >= 0.3 is 0 Å². The highest BCUT2D eigenvalue weighted by atomic mass is 79.9. The van der Waals surface area contributed by atoms with Crippen LogP contribution in [0.15, 0.2) is 40.9 Å². The van der Waals surface area contributed by atoms with E-state index >= 15 is 0 Å². The van der Waals surface area contributed by atoms with E-state index in [1.54, 1.807) is 12.1 Å². The molecular formula is C16H13BrFNO2. The highest BCUT2D eigenvalue weighted by molar-refractivity contribution is 9.10. The number of Topliss-reactive ketones (excluding diaryl/α,β-unsaturated/α-hetero) is 1. The van der Waals surface area contributed by atoms with Crippen molar-refractivity contribution in [3.8, 4) is 5.75 Å². The van der Waals surface area contributed by atoms with E-state index in [1.807, 2.05) is 12.1 Å². The van der Waals surface area contributed by atoms with Crippen molar-refractivity contribution < 1.29 is 13.9 Å². The Balaban J connectivity index is 1.89. The predicted octanol–water partition coefficient (Wildman–Crippen LogP) is 3.82. The van der Waals surface area contributed by atoms with Crippen LogP contribution in [-0.2, 0) is 6.42 Å². The van der Waals surface area contributed by atoms with Gasteiger partial charge in [-0.1, -0.05) is 22.0 Å². The second kappa shape index (κ2) is 5.85. The third-order valence-corrected chi connectivity index (χ3v) is 3.72. The van der Waals surface area contributed by atoms with Crippen LogP contribution < -0.4 is 10.1 Å². The first-order valence-electron chi connectivity index (χ1n) is 6.61. The van der Waals surface area contributed by atoms with Crippen LogP contribution in [0.1, 0.15) is 15.9 Å². The molecule has 3 nitrogen and oxygen atoms in total. The lowest BCUT2D eigenvalue weighted by molar-refractivity contribution is 0.0989. The molecule has 0 atom stereocenters. The zero-order valence-electron chi connectivity index (χ0n) is 11.2. The van der Waals surface area contributed by atoms with Crippen molar-refractivity contribution in [2.75, 3.05) is 18.5 Å². The van der Waals surface area contributed by atoms with Crippen molar-refractivity contribution >= 4 is 27.4 Å². The number of hydrogen-bond acceptors (Lipinski definition) is 3. The molecule has 21 heavy (non-hydrogen) atoms. The average molecular weight is 350 g/mol. The lowest BCUT2D eigenvalue weighted by Gasteiger charge is -2.21. The van der Waals surface area contributed by atoms with Crippen LogP contribution in [-0.4, -0.2) is 18.9 Å². The molecule has 0 aliphatic carbocycles. The summed E-state index contributed by atoms with van der Waals surface area (Å²) in [6.07, 6.45) is 0.135. The maximum atomic E-state index is 13.4. The van der Waals surface area contributed by atoms with Gasteiger partial charge in [-0.2, -0.15) is 0 Å². The van der Waals surface area contributed by atoms with E-state index in [-0.39, 0.29) is 18.0 Å². The van der Waals surface area contributed by atoms with Gasteiger partial charge in [0.25, 0.3) is 0 Å². The number of rotatable bonds is 3. The van der Waals surface area contributed by atoms with Gasteiger partial charge in [-0.25, -0.2) is 4.39 Å². The van der Waals surface area contributed by atoms with Crippen LogP contribution in [0.3, 0.4) is 0 Å². The molecule has 1 N–H and O–H groups in total. The Bertz CT molecular complexity index is 682. The number of ketones is 1.